The third kappa shape index (κ3) is 3.07. The number of hydrogen-bond acceptors (Lipinski definition) is 2. The summed E-state index contributed by atoms with van der Waals surface area (Å²) in [5.41, 5.74) is 0. The normalized spacial score (nSPS) is 32.9. The van der Waals surface area contributed by atoms with Crippen LogP contribution in [-0.4, -0.2) is 18.0 Å². The van der Waals surface area contributed by atoms with Gasteiger partial charge in [-0.15, -0.1) is 0 Å². The van der Waals surface area contributed by atoms with Gasteiger partial charge in [-0.05, 0) is 31.6 Å². The Kier molecular flexibility index (Phi) is 4.39. The lowest BCUT2D eigenvalue weighted by molar-refractivity contribution is -0.126. The van der Waals surface area contributed by atoms with Gasteiger partial charge in [0.1, 0.15) is 5.78 Å². The van der Waals surface area contributed by atoms with Crippen molar-refractivity contribution in [3.63, 3.8) is 0 Å². The van der Waals surface area contributed by atoms with Crippen molar-refractivity contribution in [2.45, 2.75) is 76.9 Å². The number of ether oxygens (including phenoxy) is 1. The topological polar surface area (TPSA) is 26.3 Å². The highest BCUT2D eigenvalue weighted by Gasteiger charge is 2.28. The molecule has 0 aliphatic heterocycles. The fourth-order valence-electron chi connectivity index (χ4n) is 3.12. The van der Waals surface area contributed by atoms with Gasteiger partial charge in [-0.2, -0.15) is 0 Å². The summed E-state index contributed by atoms with van der Waals surface area (Å²) in [5, 5.41) is 0. The van der Waals surface area contributed by atoms with E-state index in [0.29, 0.717) is 18.0 Å². The zero-order valence-corrected chi connectivity index (χ0v) is 10.4. The van der Waals surface area contributed by atoms with Gasteiger partial charge in [-0.1, -0.05) is 26.2 Å². The molecule has 2 aliphatic carbocycles. The van der Waals surface area contributed by atoms with Gasteiger partial charge in [0.05, 0.1) is 12.2 Å². The minimum absolute atomic E-state index is 0.370. The van der Waals surface area contributed by atoms with Gasteiger partial charge in [0.2, 0.25) is 0 Å². The Morgan fingerprint density at radius 1 is 1.12 bits per heavy atom. The lowest BCUT2D eigenvalue weighted by atomic mass is 9.84. The highest BCUT2D eigenvalue weighted by Crippen LogP contribution is 2.32. The fourth-order valence-corrected chi connectivity index (χ4v) is 3.12. The molecule has 0 heterocycles. The van der Waals surface area contributed by atoms with Crippen LogP contribution in [0.4, 0.5) is 0 Å². The lowest BCUT2D eigenvalue weighted by Crippen LogP contribution is -2.33. The molecule has 92 valence electrons. The number of hydrogen-bond donors (Lipinski definition) is 0. The molecule has 16 heavy (non-hydrogen) atoms. The molecule has 0 N–H and O–H groups in total. The van der Waals surface area contributed by atoms with Crippen LogP contribution in [-0.2, 0) is 9.53 Å². The van der Waals surface area contributed by atoms with Crippen LogP contribution in [0.1, 0.15) is 64.7 Å². The molecule has 2 aliphatic rings. The Labute approximate surface area is 98.7 Å². The average Bonchev–Trinajstić information content (AvgIpc) is 2.33. The second-order valence-corrected chi connectivity index (χ2v) is 5.37. The van der Waals surface area contributed by atoms with Crippen molar-refractivity contribution < 1.29 is 9.53 Å². The highest BCUT2D eigenvalue weighted by atomic mass is 16.5. The minimum atomic E-state index is 0.370. The largest absolute Gasteiger partial charge is 0.375 e. The van der Waals surface area contributed by atoms with E-state index in [-0.39, 0.29) is 0 Å². The van der Waals surface area contributed by atoms with Crippen molar-refractivity contribution in [1.82, 2.24) is 0 Å². The standard InChI is InChI=1S/C14H24O2/c1-2-11-5-3-4-6-14(11)16-13-9-7-12(15)8-10-13/h11,13-14H,2-10H2,1H3. The van der Waals surface area contributed by atoms with Crippen LogP contribution in [0.3, 0.4) is 0 Å². The van der Waals surface area contributed by atoms with Gasteiger partial charge in [-0.3, -0.25) is 4.79 Å². The van der Waals surface area contributed by atoms with E-state index in [1.54, 1.807) is 0 Å². The quantitative estimate of drug-likeness (QED) is 0.733. The van der Waals surface area contributed by atoms with E-state index in [9.17, 15) is 4.79 Å². The predicted molar refractivity (Wildman–Crippen MR) is 64.4 cm³/mol. The molecule has 0 aromatic heterocycles. The maximum Gasteiger partial charge on any atom is 0.133 e. The van der Waals surface area contributed by atoms with Gasteiger partial charge < -0.3 is 4.74 Å². The van der Waals surface area contributed by atoms with Gasteiger partial charge in [0.15, 0.2) is 0 Å². The number of rotatable bonds is 3. The number of Topliss-reactive ketones (excluding diaryl/α,β-unsaturated/α-hetero) is 1. The summed E-state index contributed by atoms with van der Waals surface area (Å²) in [4.78, 5) is 11.2. The van der Waals surface area contributed by atoms with Crippen LogP contribution in [0.25, 0.3) is 0 Å². The maximum absolute atomic E-state index is 11.2. The Bertz CT molecular complexity index is 227. The Morgan fingerprint density at radius 2 is 1.81 bits per heavy atom. The van der Waals surface area contributed by atoms with Crippen molar-refractivity contribution >= 4 is 5.78 Å². The first-order chi connectivity index (χ1) is 7.79. The van der Waals surface area contributed by atoms with Crippen LogP contribution in [0, 0.1) is 5.92 Å². The maximum atomic E-state index is 11.2. The molecule has 2 fully saturated rings. The first kappa shape index (κ1) is 12.1. The van der Waals surface area contributed by atoms with E-state index in [0.717, 1.165) is 31.6 Å². The second kappa shape index (κ2) is 5.81. The van der Waals surface area contributed by atoms with Gasteiger partial charge >= 0.3 is 0 Å². The molecule has 0 aromatic rings. The summed E-state index contributed by atoms with van der Waals surface area (Å²) < 4.78 is 6.23. The van der Waals surface area contributed by atoms with Crippen LogP contribution in [0.15, 0.2) is 0 Å². The van der Waals surface area contributed by atoms with E-state index in [1.165, 1.54) is 32.1 Å². The van der Waals surface area contributed by atoms with Gasteiger partial charge in [0, 0.05) is 12.8 Å². The van der Waals surface area contributed by atoms with Gasteiger partial charge in [-0.25, -0.2) is 0 Å². The van der Waals surface area contributed by atoms with Crippen molar-refractivity contribution in [1.29, 1.82) is 0 Å². The molecule has 2 saturated carbocycles. The summed E-state index contributed by atoms with van der Waals surface area (Å²) in [6.45, 7) is 2.27. The van der Waals surface area contributed by atoms with E-state index >= 15 is 0 Å². The molecule has 0 aromatic carbocycles. The molecule has 2 rings (SSSR count). The Morgan fingerprint density at radius 3 is 2.50 bits per heavy atom. The molecule has 2 nitrogen and oxygen atoms in total. The van der Waals surface area contributed by atoms with Crippen molar-refractivity contribution in [3.8, 4) is 0 Å². The number of carbonyl (C=O) groups excluding carboxylic acids is 1. The van der Waals surface area contributed by atoms with Crippen molar-refractivity contribution in [2.24, 2.45) is 5.92 Å². The van der Waals surface area contributed by atoms with Crippen LogP contribution < -0.4 is 0 Å². The predicted octanol–water partition coefficient (Wildman–Crippen LogP) is 3.48. The highest BCUT2D eigenvalue weighted by molar-refractivity contribution is 5.79. The van der Waals surface area contributed by atoms with Crippen LogP contribution in [0.2, 0.25) is 0 Å². The van der Waals surface area contributed by atoms with Gasteiger partial charge in [0.25, 0.3) is 0 Å². The van der Waals surface area contributed by atoms with E-state index in [2.05, 4.69) is 6.92 Å². The van der Waals surface area contributed by atoms with Crippen LogP contribution >= 0.6 is 0 Å². The third-order valence-electron chi connectivity index (χ3n) is 4.22. The Hall–Kier alpha value is -0.370. The lowest BCUT2D eigenvalue weighted by Gasteiger charge is -2.35. The Balaban J connectivity index is 1.80. The molecule has 0 bridgehead atoms. The van der Waals surface area contributed by atoms with E-state index in [1.807, 2.05) is 0 Å². The summed E-state index contributed by atoms with van der Waals surface area (Å²) in [5.74, 6) is 1.20. The summed E-state index contributed by atoms with van der Waals surface area (Å²) >= 11 is 0. The third-order valence-corrected chi connectivity index (χ3v) is 4.22. The fraction of sp³-hybridized carbons (Fsp3) is 0.929. The molecule has 2 atom stereocenters. The second-order valence-electron chi connectivity index (χ2n) is 5.37. The van der Waals surface area contributed by atoms with Crippen molar-refractivity contribution in [3.05, 3.63) is 0 Å². The SMILES string of the molecule is CCC1CCCCC1OC1CCC(=O)CC1. The first-order valence-electron chi connectivity index (χ1n) is 6.96. The molecular formula is C14H24O2. The molecule has 0 amide bonds. The zero-order chi connectivity index (χ0) is 11.4. The monoisotopic (exact) mass is 224 g/mol. The zero-order valence-electron chi connectivity index (χ0n) is 10.4. The van der Waals surface area contributed by atoms with E-state index in [4.69, 9.17) is 4.74 Å². The molecule has 0 spiro atoms. The van der Waals surface area contributed by atoms with Crippen molar-refractivity contribution in [2.75, 3.05) is 0 Å². The number of ketones is 1. The summed E-state index contributed by atoms with van der Waals surface area (Å²) in [7, 11) is 0. The average molecular weight is 224 g/mol. The van der Waals surface area contributed by atoms with E-state index < -0.39 is 0 Å². The smallest absolute Gasteiger partial charge is 0.133 e. The molecule has 2 heteroatoms. The van der Waals surface area contributed by atoms with Crippen LogP contribution in [0.5, 0.6) is 0 Å². The molecule has 2 unspecified atom stereocenters. The first-order valence-corrected chi connectivity index (χ1v) is 6.96. The summed E-state index contributed by atoms with van der Waals surface area (Å²) in [6.07, 6.45) is 10.8. The molecule has 0 radical (unpaired) electrons. The summed E-state index contributed by atoms with van der Waals surface area (Å²) in [6, 6.07) is 0. The minimum Gasteiger partial charge on any atom is -0.375 e. The molecule has 0 saturated heterocycles. The molecular weight excluding hydrogens is 200 g/mol. The number of carbonyl (C=O) groups is 1.